The van der Waals surface area contributed by atoms with Crippen molar-refractivity contribution >= 4 is 34.8 Å². The number of nitro benzene ring substituents is 2. The van der Waals surface area contributed by atoms with E-state index >= 15 is 0 Å². The predicted molar refractivity (Wildman–Crippen MR) is 133 cm³/mol. The highest BCUT2D eigenvalue weighted by atomic mass is 32.1. The zero-order valence-corrected chi connectivity index (χ0v) is 20.6. The van der Waals surface area contributed by atoms with Gasteiger partial charge in [0.1, 0.15) is 0 Å². The molecule has 0 fully saturated rings. The van der Waals surface area contributed by atoms with E-state index in [0.29, 0.717) is 17.3 Å². The number of aromatic hydroxyl groups is 1. The lowest BCUT2D eigenvalue weighted by atomic mass is 9.95. The fourth-order valence-corrected chi connectivity index (χ4v) is 5.01. The molecule has 0 aliphatic carbocycles. The van der Waals surface area contributed by atoms with Gasteiger partial charge in [-0.3, -0.25) is 29.6 Å². The summed E-state index contributed by atoms with van der Waals surface area (Å²) in [5, 5.41) is 33.0. The van der Waals surface area contributed by atoms with Crippen LogP contribution in [0.5, 0.6) is 5.75 Å². The number of non-ortho nitro benzene ring substituents is 1. The van der Waals surface area contributed by atoms with Crippen LogP contribution >= 0.6 is 11.3 Å². The third-order valence-corrected chi connectivity index (χ3v) is 6.69. The molecule has 1 atom stereocenters. The maximum Gasteiger partial charge on any atom is 0.338 e. The summed E-state index contributed by atoms with van der Waals surface area (Å²) in [4.78, 5) is 52.0. The van der Waals surface area contributed by atoms with Crippen LogP contribution in [0.2, 0.25) is 0 Å². The molecule has 0 saturated heterocycles. The molecule has 13 heteroatoms. The minimum Gasteiger partial charge on any atom is -0.502 e. The molecule has 0 bridgehead atoms. The first-order valence-electron chi connectivity index (χ1n) is 11.0. The SMILES string of the molecule is CCOC(=O)C1=C(C)N=c2s/c(=C/c3cc([N+](=O)[O-])cc([N+](=O)[O-])c3O)c(=O)n2[C@@H]1c1ccc(C)cc1. The molecule has 1 N–H and O–H groups in total. The Hall–Kier alpha value is -4.65. The van der Waals surface area contributed by atoms with Gasteiger partial charge in [0.2, 0.25) is 5.75 Å². The normalized spacial score (nSPS) is 15.2. The number of thiazole rings is 1. The summed E-state index contributed by atoms with van der Waals surface area (Å²) in [6, 6.07) is 7.95. The average Bonchev–Trinajstić information content (AvgIpc) is 3.14. The molecule has 0 unspecified atom stereocenters. The highest BCUT2D eigenvalue weighted by molar-refractivity contribution is 7.07. The summed E-state index contributed by atoms with van der Waals surface area (Å²) in [6.07, 6.45) is 1.13. The van der Waals surface area contributed by atoms with E-state index in [1.54, 1.807) is 26.0 Å². The lowest BCUT2D eigenvalue weighted by Crippen LogP contribution is -2.39. The largest absolute Gasteiger partial charge is 0.502 e. The lowest BCUT2D eigenvalue weighted by molar-refractivity contribution is -0.394. The quantitative estimate of drug-likeness (QED) is 0.292. The second-order valence-corrected chi connectivity index (χ2v) is 9.14. The second-order valence-electron chi connectivity index (χ2n) is 8.13. The molecule has 37 heavy (non-hydrogen) atoms. The molecule has 1 aromatic heterocycles. The van der Waals surface area contributed by atoms with Crippen LogP contribution in [0.1, 0.15) is 36.6 Å². The topological polar surface area (TPSA) is 167 Å². The van der Waals surface area contributed by atoms with Gasteiger partial charge in [-0.1, -0.05) is 41.2 Å². The number of esters is 1. The predicted octanol–water partition coefficient (Wildman–Crippen LogP) is 2.63. The molecule has 2 heterocycles. The molecule has 0 radical (unpaired) electrons. The van der Waals surface area contributed by atoms with Crippen molar-refractivity contribution in [2.45, 2.75) is 26.8 Å². The van der Waals surface area contributed by atoms with Crippen LogP contribution in [0.4, 0.5) is 11.4 Å². The summed E-state index contributed by atoms with van der Waals surface area (Å²) in [6.45, 7) is 5.30. The summed E-state index contributed by atoms with van der Waals surface area (Å²) < 4.78 is 6.54. The number of hydrogen-bond acceptors (Lipinski definition) is 10. The van der Waals surface area contributed by atoms with Crippen LogP contribution in [0.3, 0.4) is 0 Å². The van der Waals surface area contributed by atoms with E-state index in [1.807, 2.05) is 19.1 Å². The number of ether oxygens (including phenoxy) is 1. The molecule has 3 aromatic rings. The van der Waals surface area contributed by atoms with Crippen molar-refractivity contribution < 1.29 is 24.5 Å². The second kappa shape index (κ2) is 9.78. The number of aryl methyl sites for hydroxylation is 1. The van der Waals surface area contributed by atoms with E-state index in [9.17, 15) is 34.9 Å². The first-order chi connectivity index (χ1) is 17.5. The Balaban J connectivity index is 2.00. The fraction of sp³-hybridized carbons (Fsp3) is 0.208. The molecular weight excluding hydrogens is 504 g/mol. The van der Waals surface area contributed by atoms with Crippen LogP contribution in [-0.4, -0.2) is 32.1 Å². The number of nitro groups is 2. The van der Waals surface area contributed by atoms with Crippen LogP contribution in [0.15, 0.2) is 57.5 Å². The van der Waals surface area contributed by atoms with Crippen molar-refractivity contribution in [2.75, 3.05) is 6.61 Å². The number of benzene rings is 2. The number of nitrogens with zero attached hydrogens (tertiary/aromatic N) is 4. The first-order valence-corrected chi connectivity index (χ1v) is 11.8. The van der Waals surface area contributed by atoms with E-state index in [4.69, 9.17) is 4.74 Å². The van der Waals surface area contributed by atoms with Crippen molar-refractivity contribution in [3.8, 4) is 5.75 Å². The number of fused-ring (bicyclic) bond motifs is 1. The molecule has 1 aliphatic heterocycles. The van der Waals surface area contributed by atoms with E-state index in [-0.39, 0.29) is 27.1 Å². The Morgan fingerprint density at radius 3 is 2.46 bits per heavy atom. The van der Waals surface area contributed by atoms with Gasteiger partial charge in [-0.25, -0.2) is 9.79 Å². The Morgan fingerprint density at radius 1 is 1.19 bits per heavy atom. The van der Waals surface area contributed by atoms with Crippen LogP contribution in [0.25, 0.3) is 6.08 Å². The van der Waals surface area contributed by atoms with Crippen molar-refractivity contribution in [3.05, 3.63) is 104 Å². The van der Waals surface area contributed by atoms with Crippen LogP contribution in [-0.2, 0) is 9.53 Å². The Kier molecular flexibility index (Phi) is 6.72. The summed E-state index contributed by atoms with van der Waals surface area (Å²) in [5.41, 5.74) is -0.241. The van der Waals surface area contributed by atoms with Crippen molar-refractivity contribution in [1.29, 1.82) is 0 Å². The van der Waals surface area contributed by atoms with E-state index in [0.717, 1.165) is 29.0 Å². The van der Waals surface area contributed by atoms with Crippen molar-refractivity contribution in [1.82, 2.24) is 4.57 Å². The van der Waals surface area contributed by atoms with Crippen molar-refractivity contribution in [3.63, 3.8) is 0 Å². The zero-order valence-electron chi connectivity index (χ0n) is 19.8. The summed E-state index contributed by atoms with van der Waals surface area (Å²) in [5.74, 6) is -1.45. The molecule has 4 rings (SSSR count). The number of allylic oxidation sites excluding steroid dienone is 1. The van der Waals surface area contributed by atoms with Gasteiger partial charge in [0.15, 0.2) is 4.80 Å². The molecule has 0 amide bonds. The van der Waals surface area contributed by atoms with Gasteiger partial charge in [0.25, 0.3) is 11.2 Å². The molecule has 0 saturated carbocycles. The standard InChI is InChI=1S/C24H20N4O8S/c1-4-36-23(31)19-13(3)25-24-26(20(19)14-7-5-12(2)6-8-14)22(30)18(37-24)10-15-9-16(27(32)33)11-17(21(15)29)28(34)35/h5-11,20,29H,4H2,1-3H3/b18-10+/t20-/m1/s1. The minimum atomic E-state index is -0.951. The summed E-state index contributed by atoms with van der Waals surface area (Å²) >= 11 is 0.918. The fourth-order valence-electron chi connectivity index (χ4n) is 3.98. The van der Waals surface area contributed by atoms with E-state index in [1.165, 1.54) is 4.57 Å². The third-order valence-electron chi connectivity index (χ3n) is 5.71. The van der Waals surface area contributed by atoms with E-state index < -0.39 is 44.5 Å². The number of aromatic nitrogens is 1. The molecule has 190 valence electrons. The molecule has 2 aromatic carbocycles. The highest BCUT2D eigenvalue weighted by Gasteiger charge is 2.33. The Morgan fingerprint density at radius 2 is 1.86 bits per heavy atom. The zero-order chi connectivity index (χ0) is 27.0. The van der Waals surface area contributed by atoms with Crippen LogP contribution in [0, 0.1) is 27.2 Å². The van der Waals surface area contributed by atoms with Gasteiger partial charge in [-0.2, -0.15) is 0 Å². The average molecular weight is 525 g/mol. The maximum absolute atomic E-state index is 13.6. The number of phenolic OH excluding ortho intramolecular Hbond substituents is 1. The van der Waals surface area contributed by atoms with E-state index in [2.05, 4.69) is 4.99 Å². The van der Waals surface area contributed by atoms with Gasteiger partial charge in [-0.05, 0) is 32.4 Å². The molecule has 1 aliphatic rings. The molecular formula is C24H20N4O8S. The molecule has 0 spiro atoms. The smallest absolute Gasteiger partial charge is 0.338 e. The third kappa shape index (κ3) is 4.63. The highest BCUT2D eigenvalue weighted by Crippen LogP contribution is 2.35. The van der Waals surface area contributed by atoms with Crippen LogP contribution < -0.4 is 14.9 Å². The number of hydrogen-bond donors (Lipinski definition) is 1. The monoisotopic (exact) mass is 524 g/mol. The number of phenols is 1. The summed E-state index contributed by atoms with van der Waals surface area (Å²) in [7, 11) is 0. The minimum absolute atomic E-state index is 0.00105. The number of carbonyl (C=O) groups excluding carboxylic acids is 1. The van der Waals surface area contributed by atoms with Gasteiger partial charge in [-0.15, -0.1) is 0 Å². The van der Waals surface area contributed by atoms with Gasteiger partial charge in [0, 0.05) is 11.6 Å². The lowest BCUT2D eigenvalue weighted by Gasteiger charge is -2.24. The van der Waals surface area contributed by atoms with Gasteiger partial charge >= 0.3 is 11.7 Å². The van der Waals surface area contributed by atoms with Gasteiger partial charge in [0.05, 0.1) is 44.4 Å². The van der Waals surface area contributed by atoms with Crippen molar-refractivity contribution in [2.24, 2.45) is 4.99 Å². The molecule has 12 nitrogen and oxygen atoms in total. The Labute approximate surface area is 212 Å². The number of rotatable bonds is 6. The first kappa shape index (κ1) is 25.4. The van der Waals surface area contributed by atoms with Gasteiger partial charge < -0.3 is 9.84 Å². The number of carbonyl (C=O) groups is 1. The Bertz CT molecular complexity index is 1670. The maximum atomic E-state index is 13.6.